The van der Waals surface area contributed by atoms with Crippen molar-refractivity contribution in [2.24, 2.45) is 0 Å². The van der Waals surface area contributed by atoms with Crippen LogP contribution in [0.15, 0.2) is 0 Å². The molecule has 0 bridgehead atoms. The van der Waals surface area contributed by atoms with Crippen LogP contribution in [0, 0.1) is 0 Å². The molecule has 98 valence electrons. The van der Waals surface area contributed by atoms with Crippen molar-refractivity contribution in [3.05, 3.63) is 0 Å². The number of hydrogen-bond donors (Lipinski definition) is 1. The predicted octanol–water partition coefficient (Wildman–Crippen LogP) is 2.14. The molecule has 1 saturated heterocycles. The first-order valence-corrected chi connectivity index (χ1v) is 6.68. The Morgan fingerprint density at radius 2 is 1.94 bits per heavy atom. The molecule has 2 aliphatic rings. The van der Waals surface area contributed by atoms with Crippen molar-refractivity contribution in [1.29, 1.82) is 0 Å². The monoisotopic (exact) mass is 240 g/mol. The predicted molar refractivity (Wildman–Crippen MR) is 67.0 cm³/mol. The Hall–Kier alpha value is -0.770. The standard InChI is InChI=1S/C13H24N2O2/c1-13(2,3)17-12(16)15-8-7-11(9-15)14-10-5-4-6-10/h10-11,14H,4-9H2,1-3H3/t11-/m1/s1. The Balaban J connectivity index is 1.74. The maximum atomic E-state index is 11.9. The summed E-state index contributed by atoms with van der Waals surface area (Å²) in [5.41, 5.74) is -0.392. The van der Waals surface area contributed by atoms with Crippen LogP contribution in [0.3, 0.4) is 0 Å². The van der Waals surface area contributed by atoms with E-state index in [1.54, 1.807) is 0 Å². The molecule has 0 aromatic heterocycles. The van der Waals surface area contributed by atoms with E-state index in [1.807, 2.05) is 25.7 Å². The molecule has 1 N–H and O–H groups in total. The molecule has 0 aromatic carbocycles. The normalized spacial score (nSPS) is 25.8. The zero-order valence-corrected chi connectivity index (χ0v) is 11.2. The maximum absolute atomic E-state index is 11.9. The molecule has 0 radical (unpaired) electrons. The van der Waals surface area contributed by atoms with Crippen LogP contribution >= 0.6 is 0 Å². The SMILES string of the molecule is CC(C)(C)OC(=O)N1CC[C@@H](NC2CCC2)C1. The third-order valence-electron chi connectivity index (χ3n) is 3.42. The highest BCUT2D eigenvalue weighted by Gasteiger charge is 2.31. The minimum Gasteiger partial charge on any atom is -0.444 e. The van der Waals surface area contributed by atoms with Gasteiger partial charge in [0, 0.05) is 25.2 Å². The molecule has 2 fully saturated rings. The van der Waals surface area contributed by atoms with Crippen molar-refractivity contribution in [2.45, 2.75) is 64.1 Å². The summed E-state index contributed by atoms with van der Waals surface area (Å²) in [6.45, 7) is 7.34. The van der Waals surface area contributed by atoms with Gasteiger partial charge in [0.05, 0.1) is 0 Å². The minimum absolute atomic E-state index is 0.171. The summed E-state index contributed by atoms with van der Waals surface area (Å²) in [6.07, 6.45) is 4.82. The molecule has 1 aliphatic heterocycles. The van der Waals surface area contributed by atoms with Gasteiger partial charge in [-0.25, -0.2) is 4.79 Å². The second-order valence-electron chi connectivity index (χ2n) is 6.21. The number of ether oxygens (including phenoxy) is 1. The van der Waals surface area contributed by atoms with Crippen LogP contribution in [0.4, 0.5) is 4.79 Å². The van der Waals surface area contributed by atoms with Crippen LogP contribution in [0.25, 0.3) is 0 Å². The topological polar surface area (TPSA) is 41.6 Å². The minimum atomic E-state index is -0.392. The molecule has 0 unspecified atom stereocenters. The van der Waals surface area contributed by atoms with E-state index in [4.69, 9.17) is 4.74 Å². The first-order valence-electron chi connectivity index (χ1n) is 6.68. The molecule has 2 rings (SSSR count). The van der Waals surface area contributed by atoms with Crippen molar-refractivity contribution in [1.82, 2.24) is 10.2 Å². The highest BCUT2D eigenvalue weighted by Crippen LogP contribution is 2.21. The fourth-order valence-electron chi connectivity index (χ4n) is 2.30. The van der Waals surface area contributed by atoms with E-state index >= 15 is 0 Å². The van der Waals surface area contributed by atoms with Gasteiger partial charge in [-0.1, -0.05) is 6.42 Å². The first-order chi connectivity index (χ1) is 7.94. The number of hydrogen-bond acceptors (Lipinski definition) is 3. The zero-order chi connectivity index (χ0) is 12.5. The van der Waals surface area contributed by atoms with E-state index in [0.717, 1.165) is 19.5 Å². The number of nitrogens with one attached hydrogen (secondary N) is 1. The molecule has 1 heterocycles. The average molecular weight is 240 g/mol. The summed E-state index contributed by atoms with van der Waals surface area (Å²) in [6, 6.07) is 1.16. The molecular formula is C13H24N2O2. The van der Waals surface area contributed by atoms with Crippen molar-refractivity contribution >= 4 is 6.09 Å². The van der Waals surface area contributed by atoms with E-state index in [9.17, 15) is 4.79 Å². The van der Waals surface area contributed by atoms with Gasteiger partial charge >= 0.3 is 6.09 Å². The second kappa shape index (κ2) is 4.84. The summed E-state index contributed by atoms with van der Waals surface area (Å²) < 4.78 is 5.37. The number of amides is 1. The molecular weight excluding hydrogens is 216 g/mol. The molecule has 4 nitrogen and oxygen atoms in total. The van der Waals surface area contributed by atoms with E-state index in [1.165, 1.54) is 19.3 Å². The van der Waals surface area contributed by atoms with Gasteiger partial charge in [-0.05, 0) is 40.0 Å². The summed E-state index contributed by atoms with van der Waals surface area (Å²) >= 11 is 0. The fourth-order valence-corrected chi connectivity index (χ4v) is 2.30. The maximum Gasteiger partial charge on any atom is 0.410 e. The fraction of sp³-hybridized carbons (Fsp3) is 0.923. The van der Waals surface area contributed by atoms with Crippen molar-refractivity contribution < 1.29 is 9.53 Å². The van der Waals surface area contributed by atoms with Gasteiger partial charge in [-0.15, -0.1) is 0 Å². The average Bonchev–Trinajstić information content (AvgIpc) is 2.56. The van der Waals surface area contributed by atoms with E-state index in [-0.39, 0.29) is 6.09 Å². The molecule has 1 aliphatic carbocycles. The number of carbonyl (C=O) groups excluding carboxylic acids is 1. The van der Waals surface area contributed by atoms with Gasteiger partial charge in [0.1, 0.15) is 5.60 Å². The van der Waals surface area contributed by atoms with Crippen LogP contribution in [0.1, 0.15) is 46.5 Å². The third kappa shape index (κ3) is 3.60. The molecule has 1 saturated carbocycles. The van der Waals surface area contributed by atoms with Gasteiger partial charge in [-0.3, -0.25) is 0 Å². The molecule has 0 spiro atoms. The smallest absolute Gasteiger partial charge is 0.410 e. The van der Waals surface area contributed by atoms with Crippen LogP contribution in [0.5, 0.6) is 0 Å². The van der Waals surface area contributed by atoms with Gasteiger partial charge < -0.3 is 15.0 Å². The Labute approximate surface area is 104 Å². The van der Waals surface area contributed by atoms with Crippen LogP contribution in [-0.2, 0) is 4.74 Å². The highest BCUT2D eigenvalue weighted by molar-refractivity contribution is 5.68. The molecule has 4 heteroatoms. The lowest BCUT2D eigenvalue weighted by Crippen LogP contribution is -2.44. The lowest BCUT2D eigenvalue weighted by molar-refractivity contribution is 0.0289. The first kappa shape index (κ1) is 12.7. The van der Waals surface area contributed by atoms with E-state index in [2.05, 4.69) is 5.32 Å². The lowest BCUT2D eigenvalue weighted by atomic mass is 9.92. The Morgan fingerprint density at radius 3 is 2.47 bits per heavy atom. The summed E-state index contributed by atoms with van der Waals surface area (Å²) in [5, 5.41) is 3.61. The Kier molecular flexibility index (Phi) is 3.61. The molecule has 0 aromatic rings. The van der Waals surface area contributed by atoms with Crippen LogP contribution in [0.2, 0.25) is 0 Å². The number of nitrogens with zero attached hydrogens (tertiary/aromatic N) is 1. The van der Waals surface area contributed by atoms with Gasteiger partial charge in [0.2, 0.25) is 0 Å². The van der Waals surface area contributed by atoms with Crippen molar-refractivity contribution in [3.8, 4) is 0 Å². The van der Waals surface area contributed by atoms with Crippen molar-refractivity contribution in [2.75, 3.05) is 13.1 Å². The van der Waals surface area contributed by atoms with Crippen molar-refractivity contribution in [3.63, 3.8) is 0 Å². The number of rotatable bonds is 2. The zero-order valence-electron chi connectivity index (χ0n) is 11.2. The Bertz CT molecular complexity index is 282. The van der Waals surface area contributed by atoms with Crippen LogP contribution < -0.4 is 5.32 Å². The largest absolute Gasteiger partial charge is 0.444 e. The summed E-state index contributed by atoms with van der Waals surface area (Å²) in [7, 11) is 0. The third-order valence-corrected chi connectivity index (χ3v) is 3.42. The summed E-state index contributed by atoms with van der Waals surface area (Å²) in [4.78, 5) is 13.7. The quantitative estimate of drug-likeness (QED) is 0.804. The molecule has 1 atom stereocenters. The highest BCUT2D eigenvalue weighted by atomic mass is 16.6. The van der Waals surface area contributed by atoms with Gasteiger partial charge in [0.15, 0.2) is 0 Å². The second-order valence-corrected chi connectivity index (χ2v) is 6.21. The van der Waals surface area contributed by atoms with Gasteiger partial charge in [0.25, 0.3) is 0 Å². The van der Waals surface area contributed by atoms with E-state index in [0.29, 0.717) is 12.1 Å². The molecule has 1 amide bonds. The van der Waals surface area contributed by atoms with Crippen LogP contribution in [-0.4, -0.2) is 41.8 Å². The lowest BCUT2D eigenvalue weighted by Gasteiger charge is -2.30. The van der Waals surface area contributed by atoms with Gasteiger partial charge in [-0.2, -0.15) is 0 Å². The Morgan fingerprint density at radius 1 is 1.24 bits per heavy atom. The summed E-state index contributed by atoms with van der Waals surface area (Å²) in [5.74, 6) is 0. The number of likely N-dealkylation sites (tertiary alicyclic amines) is 1. The number of carbonyl (C=O) groups is 1. The van der Waals surface area contributed by atoms with E-state index < -0.39 is 5.60 Å². The molecule has 17 heavy (non-hydrogen) atoms.